The molecule has 0 spiro atoms. The predicted octanol–water partition coefficient (Wildman–Crippen LogP) is 6.91. The van der Waals surface area contributed by atoms with Gasteiger partial charge in [-0.25, -0.2) is 8.78 Å². The van der Waals surface area contributed by atoms with Gasteiger partial charge in [0.15, 0.2) is 11.6 Å². The first-order chi connectivity index (χ1) is 11.7. The molecule has 0 N–H and O–H groups in total. The molecule has 0 unspecified atom stereocenters. The van der Waals surface area contributed by atoms with Crippen LogP contribution < -0.4 is 0 Å². The average Bonchev–Trinajstić information content (AvgIpc) is 2.62. The Bertz CT molecular complexity index is 819. The molecule has 2 heteroatoms. The molecule has 0 aliphatic heterocycles. The van der Waals surface area contributed by atoms with Crippen molar-refractivity contribution in [1.29, 1.82) is 0 Å². The lowest BCUT2D eigenvalue weighted by atomic mass is 9.98. The minimum Gasteiger partial charge on any atom is -0.204 e. The highest BCUT2D eigenvalue weighted by molar-refractivity contribution is 5.87. The van der Waals surface area contributed by atoms with Gasteiger partial charge in [0.2, 0.25) is 0 Å². The van der Waals surface area contributed by atoms with Crippen molar-refractivity contribution in [2.75, 3.05) is 0 Å². The number of aryl methyl sites for hydroxylation is 1. The molecule has 0 saturated carbocycles. The Morgan fingerprint density at radius 1 is 0.750 bits per heavy atom. The summed E-state index contributed by atoms with van der Waals surface area (Å²) in [6.45, 7) is 2.22. The monoisotopic (exact) mass is 324 g/mol. The second-order valence-electron chi connectivity index (χ2n) is 6.30. The van der Waals surface area contributed by atoms with Gasteiger partial charge in [-0.1, -0.05) is 68.7 Å². The quantitative estimate of drug-likeness (QED) is 0.432. The summed E-state index contributed by atoms with van der Waals surface area (Å²) in [4.78, 5) is 0. The first-order valence-corrected chi connectivity index (χ1v) is 8.66. The Kier molecular flexibility index (Phi) is 5.24. The fraction of sp³-hybridized carbons (Fsp3) is 0.273. The largest absolute Gasteiger partial charge is 0.204 e. The van der Waals surface area contributed by atoms with Crippen LogP contribution in [0, 0.1) is 11.6 Å². The zero-order chi connectivity index (χ0) is 16.9. The van der Waals surface area contributed by atoms with Crippen molar-refractivity contribution in [2.45, 2.75) is 39.0 Å². The molecule has 24 heavy (non-hydrogen) atoms. The minimum absolute atomic E-state index is 0.325. The highest BCUT2D eigenvalue weighted by atomic mass is 19.2. The van der Waals surface area contributed by atoms with Gasteiger partial charge in [-0.3, -0.25) is 0 Å². The van der Waals surface area contributed by atoms with E-state index in [0.29, 0.717) is 5.39 Å². The summed E-state index contributed by atoms with van der Waals surface area (Å²) < 4.78 is 27.1. The average molecular weight is 324 g/mol. The van der Waals surface area contributed by atoms with Crippen molar-refractivity contribution in [3.8, 4) is 11.1 Å². The van der Waals surface area contributed by atoms with E-state index >= 15 is 0 Å². The first-order valence-electron chi connectivity index (χ1n) is 8.66. The van der Waals surface area contributed by atoms with E-state index < -0.39 is 11.6 Å². The molecule has 0 atom stereocenters. The van der Waals surface area contributed by atoms with Crippen molar-refractivity contribution < 1.29 is 8.78 Å². The second-order valence-corrected chi connectivity index (χ2v) is 6.30. The molecule has 3 rings (SSSR count). The van der Waals surface area contributed by atoms with Gasteiger partial charge in [0.05, 0.1) is 0 Å². The number of benzene rings is 3. The number of hydrogen-bond acceptors (Lipinski definition) is 0. The fourth-order valence-electron chi connectivity index (χ4n) is 3.06. The zero-order valence-electron chi connectivity index (χ0n) is 14.0. The maximum absolute atomic E-state index is 13.8. The molecule has 0 bridgehead atoms. The smallest absolute Gasteiger partial charge is 0.166 e. The molecule has 124 valence electrons. The van der Waals surface area contributed by atoms with Gasteiger partial charge < -0.3 is 0 Å². The first kappa shape index (κ1) is 16.6. The number of hydrogen-bond donors (Lipinski definition) is 0. The van der Waals surface area contributed by atoms with Crippen LogP contribution in [-0.4, -0.2) is 0 Å². The van der Waals surface area contributed by atoms with E-state index in [2.05, 4.69) is 31.2 Å². The molecule has 0 fully saturated rings. The Hall–Kier alpha value is -2.22. The van der Waals surface area contributed by atoms with E-state index in [-0.39, 0.29) is 0 Å². The zero-order valence-corrected chi connectivity index (χ0v) is 14.0. The van der Waals surface area contributed by atoms with Gasteiger partial charge in [-0.2, -0.15) is 0 Å². The van der Waals surface area contributed by atoms with Crippen LogP contribution in [0.3, 0.4) is 0 Å². The molecule has 0 nitrogen and oxygen atoms in total. The van der Waals surface area contributed by atoms with Gasteiger partial charge in [0.25, 0.3) is 0 Å². The molecule has 0 aromatic heterocycles. The van der Waals surface area contributed by atoms with Crippen LogP contribution in [0.5, 0.6) is 0 Å². The van der Waals surface area contributed by atoms with Crippen LogP contribution in [0.2, 0.25) is 0 Å². The topological polar surface area (TPSA) is 0 Å². The third kappa shape index (κ3) is 3.64. The fourth-order valence-corrected chi connectivity index (χ4v) is 3.06. The number of halogens is 2. The third-order valence-electron chi connectivity index (χ3n) is 4.51. The standard InChI is InChI=1S/C22H22F2/c1-2-3-4-5-6-16-7-9-17(10-8-16)18-11-13-20-19(15-18)12-14-21(23)22(20)24/h7-15H,2-6H2,1H3. The normalized spacial score (nSPS) is 11.1. The summed E-state index contributed by atoms with van der Waals surface area (Å²) in [6, 6.07) is 16.8. The van der Waals surface area contributed by atoms with Gasteiger partial charge in [0.1, 0.15) is 0 Å². The second kappa shape index (κ2) is 7.57. The van der Waals surface area contributed by atoms with Crippen molar-refractivity contribution in [3.05, 3.63) is 71.8 Å². The summed E-state index contributed by atoms with van der Waals surface area (Å²) in [5, 5.41) is 1.04. The van der Waals surface area contributed by atoms with E-state index in [9.17, 15) is 8.78 Å². The van der Waals surface area contributed by atoms with Crippen LogP contribution in [0.1, 0.15) is 38.2 Å². The molecule has 0 amide bonds. The highest BCUT2D eigenvalue weighted by Gasteiger charge is 2.08. The lowest BCUT2D eigenvalue weighted by molar-refractivity contribution is 0.517. The van der Waals surface area contributed by atoms with E-state index in [0.717, 1.165) is 22.9 Å². The van der Waals surface area contributed by atoms with E-state index in [1.165, 1.54) is 37.3 Å². The minimum atomic E-state index is -0.803. The SMILES string of the molecule is CCCCCCc1ccc(-c2ccc3c(F)c(F)ccc3c2)cc1. The Morgan fingerprint density at radius 2 is 1.50 bits per heavy atom. The molecular formula is C22H22F2. The molecule has 3 aromatic rings. The van der Waals surface area contributed by atoms with Gasteiger partial charge in [-0.05, 0) is 47.1 Å². The molecule has 3 aromatic carbocycles. The summed E-state index contributed by atoms with van der Waals surface area (Å²) in [5.41, 5.74) is 3.47. The summed E-state index contributed by atoms with van der Waals surface area (Å²) in [7, 11) is 0. The van der Waals surface area contributed by atoms with Crippen LogP contribution in [-0.2, 0) is 6.42 Å². The van der Waals surface area contributed by atoms with Gasteiger partial charge in [0, 0.05) is 5.39 Å². The lowest BCUT2D eigenvalue weighted by Gasteiger charge is -2.07. The van der Waals surface area contributed by atoms with Crippen molar-refractivity contribution in [2.24, 2.45) is 0 Å². The van der Waals surface area contributed by atoms with Crippen molar-refractivity contribution in [1.82, 2.24) is 0 Å². The summed E-state index contributed by atoms with van der Waals surface area (Å²) >= 11 is 0. The van der Waals surface area contributed by atoms with Crippen LogP contribution >= 0.6 is 0 Å². The molecule has 0 radical (unpaired) electrons. The summed E-state index contributed by atoms with van der Waals surface area (Å²) in [5.74, 6) is -1.58. The highest BCUT2D eigenvalue weighted by Crippen LogP contribution is 2.27. The maximum Gasteiger partial charge on any atom is 0.166 e. The Balaban J connectivity index is 1.79. The van der Waals surface area contributed by atoms with Crippen LogP contribution in [0.4, 0.5) is 8.78 Å². The third-order valence-corrected chi connectivity index (χ3v) is 4.51. The maximum atomic E-state index is 13.8. The lowest BCUT2D eigenvalue weighted by Crippen LogP contribution is -1.88. The molecule has 0 heterocycles. The predicted molar refractivity (Wildman–Crippen MR) is 97.1 cm³/mol. The molecule has 0 saturated heterocycles. The van der Waals surface area contributed by atoms with Gasteiger partial charge >= 0.3 is 0 Å². The summed E-state index contributed by atoms with van der Waals surface area (Å²) in [6.07, 6.45) is 6.18. The number of fused-ring (bicyclic) bond motifs is 1. The van der Waals surface area contributed by atoms with Crippen molar-refractivity contribution in [3.63, 3.8) is 0 Å². The van der Waals surface area contributed by atoms with Crippen LogP contribution in [0.15, 0.2) is 54.6 Å². The van der Waals surface area contributed by atoms with E-state index in [1.807, 2.05) is 12.1 Å². The van der Waals surface area contributed by atoms with Crippen LogP contribution in [0.25, 0.3) is 21.9 Å². The Morgan fingerprint density at radius 3 is 2.25 bits per heavy atom. The van der Waals surface area contributed by atoms with Gasteiger partial charge in [-0.15, -0.1) is 0 Å². The van der Waals surface area contributed by atoms with E-state index in [1.54, 1.807) is 12.1 Å². The molecule has 0 aliphatic carbocycles. The van der Waals surface area contributed by atoms with E-state index in [4.69, 9.17) is 0 Å². The number of rotatable bonds is 6. The molecule has 0 aliphatic rings. The van der Waals surface area contributed by atoms with Crippen molar-refractivity contribution >= 4 is 10.8 Å². The number of unbranched alkanes of at least 4 members (excludes halogenated alkanes) is 3. The molecular weight excluding hydrogens is 302 g/mol. The Labute approximate surface area is 142 Å².